The Morgan fingerprint density at radius 2 is 1.96 bits per heavy atom. The standard InChI is InChI=1S/C18H20N4O4S/c1-4-10-25-17-9-8-16(19-20-17)14-6-5-7-15(11-14)22-27(23,24)18-12(2)21-26-13(18)3/h5-9,11,22H,4,10H2,1-3H3. The van der Waals surface area contributed by atoms with Crippen molar-refractivity contribution in [1.29, 1.82) is 0 Å². The molecule has 0 radical (unpaired) electrons. The van der Waals surface area contributed by atoms with Gasteiger partial charge in [-0.05, 0) is 38.5 Å². The van der Waals surface area contributed by atoms with Gasteiger partial charge < -0.3 is 9.26 Å². The van der Waals surface area contributed by atoms with E-state index in [1.807, 2.05) is 13.0 Å². The van der Waals surface area contributed by atoms with Gasteiger partial charge in [0.2, 0.25) is 5.88 Å². The summed E-state index contributed by atoms with van der Waals surface area (Å²) < 4.78 is 38.2. The van der Waals surface area contributed by atoms with Gasteiger partial charge >= 0.3 is 0 Å². The van der Waals surface area contributed by atoms with E-state index in [-0.39, 0.29) is 10.7 Å². The summed E-state index contributed by atoms with van der Waals surface area (Å²) >= 11 is 0. The molecule has 0 atom stereocenters. The maximum Gasteiger partial charge on any atom is 0.267 e. The number of hydrogen-bond donors (Lipinski definition) is 1. The number of nitrogens with one attached hydrogen (secondary N) is 1. The molecule has 0 unspecified atom stereocenters. The Bertz CT molecular complexity index is 1010. The normalized spacial score (nSPS) is 11.4. The van der Waals surface area contributed by atoms with Crippen LogP contribution < -0.4 is 9.46 Å². The summed E-state index contributed by atoms with van der Waals surface area (Å²) in [5.41, 5.74) is 2.05. The SMILES string of the molecule is CCCOc1ccc(-c2cccc(NS(=O)(=O)c3c(C)noc3C)c2)nn1. The van der Waals surface area contributed by atoms with E-state index in [9.17, 15) is 8.42 Å². The first-order valence-corrected chi connectivity index (χ1v) is 9.91. The Morgan fingerprint density at radius 1 is 1.15 bits per heavy atom. The molecular formula is C18H20N4O4S. The largest absolute Gasteiger partial charge is 0.477 e. The molecule has 0 bridgehead atoms. The van der Waals surface area contributed by atoms with Gasteiger partial charge in [-0.3, -0.25) is 4.72 Å². The molecule has 0 saturated heterocycles. The van der Waals surface area contributed by atoms with Gasteiger partial charge in [0.05, 0.1) is 12.3 Å². The average molecular weight is 388 g/mol. The van der Waals surface area contributed by atoms with E-state index in [1.165, 1.54) is 0 Å². The third-order valence-corrected chi connectivity index (χ3v) is 5.37. The summed E-state index contributed by atoms with van der Waals surface area (Å²) in [6, 6.07) is 10.4. The summed E-state index contributed by atoms with van der Waals surface area (Å²) in [6.07, 6.45) is 0.886. The van der Waals surface area contributed by atoms with Crippen LogP contribution in [0.4, 0.5) is 5.69 Å². The van der Waals surface area contributed by atoms with Crippen LogP contribution in [0.25, 0.3) is 11.3 Å². The highest BCUT2D eigenvalue weighted by Gasteiger charge is 2.24. The minimum absolute atomic E-state index is 0.0464. The molecule has 2 aromatic heterocycles. The van der Waals surface area contributed by atoms with Crippen molar-refractivity contribution in [2.75, 3.05) is 11.3 Å². The lowest BCUT2D eigenvalue weighted by Gasteiger charge is -2.09. The van der Waals surface area contributed by atoms with E-state index in [2.05, 4.69) is 20.1 Å². The molecule has 142 valence electrons. The quantitative estimate of drug-likeness (QED) is 0.661. The van der Waals surface area contributed by atoms with Crippen molar-refractivity contribution in [2.24, 2.45) is 0 Å². The second-order valence-electron chi connectivity index (χ2n) is 5.94. The van der Waals surface area contributed by atoms with Crippen molar-refractivity contribution >= 4 is 15.7 Å². The zero-order valence-electron chi connectivity index (χ0n) is 15.3. The molecule has 0 aliphatic rings. The number of sulfonamides is 1. The first kappa shape index (κ1) is 18.8. The number of aryl methyl sites for hydroxylation is 2. The van der Waals surface area contributed by atoms with Crippen LogP contribution in [-0.4, -0.2) is 30.4 Å². The minimum Gasteiger partial charge on any atom is -0.477 e. The number of ether oxygens (including phenoxy) is 1. The Balaban J connectivity index is 1.84. The van der Waals surface area contributed by atoms with Crippen LogP contribution in [-0.2, 0) is 10.0 Å². The molecule has 3 aromatic rings. The maximum absolute atomic E-state index is 12.6. The van der Waals surface area contributed by atoms with Crippen LogP contribution in [0.15, 0.2) is 45.8 Å². The minimum atomic E-state index is -3.81. The molecule has 9 heteroatoms. The summed E-state index contributed by atoms with van der Waals surface area (Å²) in [4.78, 5) is 0.0464. The number of hydrogen-bond acceptors (Lipinski definition) is 7. The fourth-order valence-corrected chi connectivity index (χ4v) is 3.95. The van der Waals surface area contributed by atoms with Crippen LogP contribution in [0.3, 0.4) is 0 Å². The highest BCUT2D eigenvalue weighted by atomic mass is 32.2. The van der Waals surface area contributed by atoms with Crippen molar-refractivity contribution in [1.82, 2.24) is 15.4 Å². The topological polar surface area (TPSA) is 107 Å². The Morgan fingerprint density at radius 3 is 2.59 bits per heavy atom. The van der Waals surface area contributed by atoms with Gasteiger partial charge in [0.1, 0.15) is 5.69 Å². The average Bonchev–Trinajstić information content (AvgIpc) is 2.99. The third-order valence-electron chi connectivity index (χ3n) is 3.74. The predicted octanol–water partition coefficient (Wildman–Crippen LogP) is 3.34. The summed E-state index contributed by atoms with van der Waals surface area (Å²) in [5, 5.41) is 11.9. The first-order valence-electron chi connectivity index (χ1n) is 8.43. The molecule has 27 heavy (non-hydrogen) atoms. The molecule has 0 fully saturated rings. The molecule has 0 spiro atoms. The van der Waals surface area contributed by atoms with Crippen LogP contribution in [0.1, 0.15) is 24.8 Å². The molecule has 1 N–H and O–H groups in total. The molecular weight excluding hydrogens is 368 g/mol. The van der Waals surface area contributed by atoms with Gasteiger partial charge in [0.25, 0.3) is 10.0 Å². The van der Waals surface area contributed by atoms with Crippen molar-refractivity contribution in [3.8, 4) is 17.1 Å². The van der Waals surface area contributed by atoms with Crippen LogP contribution in [0.5, 0.6) is 5.88 Å². The summed E-state index contributed by atoms with van der Waals surface area (Å²) in [7, 11) is -3.81. The number of rotatable bonds is 7. The second-order valence-corrected chi connectivity index (χ2v) is 7.56. The van der Waals surface area contributed by atoms with E-state index >= 15 is 0 Å². The number of aromatic nitrogens is 3. The molecule has 1 aromatic carbocycles. The zero-order chi connectivity index (χ0) is 19.4. The van der Waals surface area contributed by atoms with Gasteiger partial charge in [-0.15, -0.1) is 10.2 Å². The Hall–Kier alpha value is -2.94. The predicted molar refractivity (Wildman–Crippen MR) is 100 cm³/mol. The summed E-state index contributed by atoms with van der Waals surface area (Å²) in [5.74, 6) is 0.695. The van der Waals surface area contributed by atoms with E-state index in [0.717, 1.165) is 12.0 Å². The van der Waals surface area contributed by atoms with E-state index in [0.29, 0.717) is 29.6 Å². The maximum atomic E-state index is 12.6. The molecule has 8 nitrogen and oxygen atoms in total. The lowest BCUT2D eigenvalue weighted by Crippen LogP contribution is -2.14. The number of nitrogens with zero attached hydrogens (tertiary/aromatic N) is 3. The molecule has 0 aliphatic carbocycles. The Labute approximate surface area is 157 Å². The molecule has 0 amide bonds. The van der Waals surface area contributed by atoms with Gasteiger partial charge in [0.15, 0.2) is 10.7 Å². The van der Waals surface area contributed by atoms with Crippen molar-refractivity contribution in [2.45, 2.75) is 32.1 Å². The van der Waals surface area contributed by atoms with Crippen LogP contribution in [0.2, 0.25) is 0 Å². The number of anilines is 1. The monoisotopic (exact) mass is 388 g/mol. The van der Waals surface area contributed by atoms with Crippen LogP contribution in [0, 0.1) is 13.8 Å². The third kappa shape index (κ3) is 4.25. The van der Waals surface area contributed by atoms with Crippen LogP contribution >= 0.6 is 0 Å². The van der Waals surface area contributed by atoms with Gasteiger partial charge in [-0.2, -0.15) is 0 Å². The van der Waals surface area contributed by atoms with Crippen molar-refractivity contribution in [3.63, 3.8) is 0 Å². The van der Waals surface area contributed by atoms with E-state index < -0.39 is 10.0 Å². The molecule has 0 aliphatic heterocycles. The van der Waals surface area contributed by atoms with Crippen molar-refractivity contribution < 1.29 is 17.7 Å². The summed E-state index contributed by atoms with van der Waals surface area (Å²) in [6.45, 7) is 5.73. The lowest BCUT2D eigenvalue weighted by atomic mass is 10.1. The highest BCUT2D eigenvalue weighted by Crippen LogP contribution is 2.25. The second kappa shape index (κ2) is 7.75. The van der Waals surface area contributed by atoms with E-state index in [1.54, 1.807) is 44.2 Å². The Kier molecular flexibility index (Phi) is 5.41. The fraction of sp³-hybridized carbons (Fsp3) is 0.278. The first-order chi connectivity index (χ1) is 12.9. The molecule has 2 heterocycles. The van der Waals surface area contributed by atoms with Gasteiger partial charge in [-0.25, -0.2) is 8.42 Å². The van der Waals surface area contributed by atoms with E-state index in [4.69, 9.17) is 9.26 Å². The van der Waals surface area contributed by atoms with Gasteiger partial charge in [-0.1, -0.05) is 24.2 Å². The fourth-order valence-electron chi connectivity index (χ4n) is 2.56. The number of benzene rings is 1. The van der Waals surface area contributed by atoms with Crippen molar-refractivity contribution in [3.05, 3.63) is 47.9 Å². The zero-order valence-corrected chi connectivity index (χ0v) is 16.1. The highest BCUT2D eigenvalue weighted by molar-refractivity contribution is 7.92. The van der Waals surface area contributed by atoms with Gasteiger partial charge in [0, 0.05) is 17.3 Å². The molecule has 3 rings (SSSR count). The smallest absolute Gasteiger partial charge is 0.267 e. The molecule has 0 saturated carbocycles. The lowest BCUT2D eigenvalue weighted by molar-refractivity contribution is 0.302.